The number of amides is 1. The Morgan fingerprint density at radius 2 is 2.08 bits per heavy atom. The summed E-state index contributed by atoms with van der Waals surface area (Å²) in [6, 6.07) is 11.1. The van der Waals surface area contributed by atoms with E-state index in [0.717, 1.165) is 0 Å². The average molecular weight is 571 g/mol. The van der Waals surface area contributed by atoms with Gasteiger partial charge in [0.1, 0.15) is 6.61 Å². The van der Waals surface area contributed by atoms with Crippen molar-refractivity contribution in [3.8, 4) is 28.6 Å². The van der Waals surface area contributed by atoms with Crippen molar-refractivity contribution < 1.29 is 24.1 Å². The smallest absolute Gasteiger partial charge is 0.293 e. The summed E-state index contributed by atoms with van der Waals surface area (Å²) in [5, 5.41) is 18.3. The molecule has 4 rings (SSSR count). The molecule has 1 unspecified atom stereocenters. The number of hydrogen-bond acceptors (Lipinski definition) is 7. The molecule has 0 aliphatic carbocycles. The van der Waals surface area contributed by atoms with Gasteiger partial charge in [0.15, 0.2) is 11.5 Å². The van der Waals surface area contributed by atoms with E-state index in [9.17, 15) is 9.90 Å². The van der Waals surface area contributed by atoms with Crippen molar-refractivity contribution >= 4 is 39.3 Å². The van der Waals surface area contributed by atoms with E-state index in [1.54, 1.807) is 15.7 Å². The summed E-state index contributed by atoms with van der Waals surface area (Å²) in [5.41, 5.74) is 2.28. The molecule has 188 valence electrons. The molecule has 1 atom stereocenters. The number of rotatable bonds is 9. The second-order valence-corrected chi connectivity index (χ2v) is 9.59. The van der Waals surface area contributed by atoms with Gasteiger partial charge in [-0.1, -0.05) is 48.2 Å². The van der Waals surface area contributed by atoms with E-state index in [4.69, 9.17) is 14.6 Å². The second kappa shape index (κ2) is 11.3. The van der Waals surface area contributed by atoms with Gasteiger partial charge in [-0.15, -0.1) is 0 Å². The van der Waals surface area contributed by atoms with Crippen molar-refractivity contribution in [3.63, 3.8) is 0 Å². The van der Waals surface area contributed by atoms with Crippen LogP contribution in [0.1, 0.15) is 38.4 Å². The van der Waals surface area contributed by atoms with E-state index >= 15 is 0 Å². The number of hydrogen-bond donors (Lipinski definition) is 0. The van der Waals surface area contributed by atoms with Crippen molar-refractivity contribution in [3.05, 3.63) is 59.1 Å². The lowest BCUT2D eigenvalue weighted by Gasteiger charge is -2.33. The Labute approximate surface area is 223 Å². The van der Waals surface area contributed by atoms with Crippen LogP contribution in [0.15, 0.2) is 58.7 Å². The monoisotopic (exact) mass is 570 g/mol. The van der Waals surface area contributed by atoms with Gasteiger partial charge in [0.05, 0.1) is 33.8 Å². The summed E-state index contributed by atoms with van der Waals surface area (Å²) in [6.45, 7) is 8.28. The van der Waals surface area contributed by atoms with Crippen LogP contribution in [-0.4, -0.2) is 35.5 Å². The van der Waals surface area contributed by atoms with E-state index in [-0.39, 0.29) is 5.91 Å². The topological polar surface area (TPSA) is 91.5 Å². The van der Waals surface area contributed by atoms with E-state index in [1.165, 1.54) is 11.8 Å². The fourth-order valence-corrected chi connectivity index (χ4v) is 5.13. The zero-order valence-corrected chi connectivity index (χ0v) is 22.8. The summed E-state index contributed by atoms with van der Waals surface area (Å²) in [7, 11) is 0. The molecule has 1 aliphatic rings. The molecule has 0 bridgehead atoms. The highest BCUT2D eigenvalue weighted by molar-refractivity contribution is 9.10. The summed E-state index contributed by atoms with van der Waals surface area (Å²) in [6.07, 6.45) is 3.74. The van der Waals surface area contributed by atoms with Crippen LogP contribution in [-0.2, 0) is 4.79 Å². The van der Waals surface area contributed by atoms with Gasteiger partial charge in [0.25, 0.3) is 17.0 Å². The number of fused-ring (bicyclic) bond motifs is 3. The zero-order chi connectivity index (χ0) is 25.8. The molecule has 0 radical (unpaired) electrons. The van der Waals surface area contributed by atoms with Crippen LogP contribution in [0.5, 0.6) is 17.4 Å². The Balaban J connectivity index is 2.02. The lowest BCUT2D eigenvalue weighted by Crippen LogP contribution is -2.59. The number of nitrogens with zero attached hydrogens (tertiary/aromatic N) is 4. The average Bonchev–Trinajstić information content (AvgIpc) is 2.87. The fourth-order valence-electron chi connectivity index (χ4n) is 4.21. The summed E-state index contributed by atoms with van der Waals surface area (Å²) < 4.78 is 14.0. The number of thioether (sulfide) groups is 1. The third-order valence-corrected chi connectivity index (χ3v) is 6.73. The van der Waals surface area contributed by atoms with E-state index in [2.05, 4.69) is 27.5 Å². The minimum atomic E-state index is -0.737. The lowest BCUT2D eigenvalue weighted by molar-refractivity contribution is -0.764. The van der Waals surface area contributed by atoms with Crippen LogP contribution in [0.2, 0.25) is 0 Å². The van der Waals surface area contributed by atoms with Gasteiger partial charge in [-0.3, -0.25) is 4.79 Å². The maximum absolute atomic E-state index is 13.6. The van der Waals surface area contributed by atoms with Crippen LogP contribution in [0.4, 0.5) is 5.69 Å². The van der Waals surface area contributed by atoms with Crippen molar-refractivity contribution in [2.24, 2.45) is 0 Å². The Kier molecular flexibility index (Phi) is 8.15. The first-order valence-corrected chi connectivity index (χ1v) is 13.6. The molecule has 0 saturated heterocycles. The van der Waals surface area contributed by atoms with Gasteiger partial charge >= 0.3 is 0 Å². The fraction of sp³-hybridized carbons (Fsp3) is 0.308. The molecule has 1 aliphatic heterocycles. The molecule has 1 amide bonds. The van der Waals surface area contributed by atoms with Crippen molar-refractivity contribution in [2.75, 3.05) is 24.4 Å². The van der Waals surface area contributed by atoms with Crippen molar-refractivity contribution in [2.45, 2.75) is 38.0 Å². The van der Waals surface area contributed by atoms with Gasteiger partial charge in [-0.25, -0.2) is 9.88 Å². The van der Waals surface area contributed by atoms with E-state index in [0.29, 0.717) is 69.7 Å². The van der Waals surface area contributed by atoms with E-state index < -0.39 is 12.0 Å². The number of ether oxygens (including phenoxy) is 2. The lowest BCUT2D eigenvalue weighted by atomic mass is 10.0. The minimum Gasteiger partial charge on any atom is -0.854 e. The zero-order valence-electron chi connectivity index (χ0n) is 20.4. The summed E-state index contributed by atoms with van der Waals surface area (Å²) >= 11 is 4.89. The molecule has 2 aromatic carbocycles. The van der Waals surface area contributed by atoms with Crippen LogP contribution < -0.4 is 24.2 Å². The molecule has 3 aromatic rings. The number of aromatic nitrogens is 3. The number of anilines is 1. The number of benzene rings is 2. The third-order valence-electron chi connectivity index (χ3n) is 5.61. The SMILES string of the molecule is C=CCOc1c(Br)cc(C2N(C(=O)CCC)c3ccccc3-c3c([O-])nc(SC)n[n+]32)cc1OCC. The normalized spacial score (nSPS) is 14.1. The van der Waals surface area contributed by atoms with E-state index in [1.807, 2.05) is 56.5 Å². The van der Waals surface area contributed by atoms with Crippen molar-refractivity contribution in [1.29, 1.82) is 0 Å². The molecule has 36 heavy (non-hydrogen) atoms. The molecule has 8 nitrogen and oxygen atoms in total. The largest absolute Gasteiger partial charge is 0.854 e. The molecule has 2 heterocycles. The predicted molar refractivity (Wildman–Crippen MR) is 140 cm³/mol. The van der Waals surface area contributed by atoms with Gasteiger partial charge in [0, 0.05) is 11.5 Å². The first-order valence-electron chi connectivity index (χ1n) is 11.6. The molecule has 0 spiro atoms. The third kappa shape index (κ3) is 4.79. The number of carbonyl (C=O) groups excluding carboxylic acids is 1. The molecule has 0 fully saturated rings. The summed E-state index contributed by atoms with van der Waals surface area (Å²) in [4.78, 5) is 19.5. The molecule has 0 saturated carbocycles. The molecule has 0 N–H and O–H groups in total. The quantitative estimate of drug-likeness (QED) is 0.210. The Bertz CT molecular complexity index is 1300. The molecule has 1 aromatic heterocycles. The van der Waals surface area contributed by atoms with Crippen LogP contribution in [0.3, 0.4) is 0 Å². The number of para-hydroxylation sites is 1. The molecule has 10 heteroatoms. The Hall–Kier alpha value is -3.11. The van der Waals surface area contributed by atoms with Crippen LogP contribution in [0, 0.1) is 0 Å². The maximum Gasteiger partial charge on any atom is 0.293 e. The maximum atomic E-state index is 13.6. The predicted octanol–water partition coefficient (Wildman–Crippen LogP) is 4.65. The first-order chi connectivity index (χ1) is 17.4. The van der Waals surface area contributed by atoms with Gasteiger partial charge in [-0.2, -0.15) is 0 Å². The first kappa shape index (κ1) is 26.0. The second-order valence-electron chi connectivity index (χ2n) is 7.96. The number of halogens is 1. The van der Waals surface area contributed by atoms with Gasteiger partial charge in [-0.05, 0) is 59.8 Å². The molecular weight excluding hydrogens is 544 g/mol. The Morgan fingerprint density at radius 3 is 2.78 bits per heavy atom. The van der Waals surface area contributed by atoms with Crippen LogP contribution in [0.25, 0.3) is 11.3 Å². The number of carbonyl (C=O) groups is 1. The summed E-state index contributed by atoms with van der Waals surface area (Å²) in [5.74, 6) is 0.565. The highest BCUT2D eigenvalue weighted by Crippen LogP contribution is 2.44. The van der Waals surface area contributed by atoms with Crippen molar-refractivity contribution in [1.82, 2.24) is 10.1 Å². The van der Waals surface area contributed by atoms with Crippen LogP contribution >= 0.6 is 27.7 Å². The van der Waals surface area contributed by atoms with Gasteiger partial charge in [0.2, 0.25) is 5.91 Å². The minimum absolute atomic E-state index is 0.0778. The Morgan fingerprint density at radius 1 is 1.31 bits per heavy atom. The highest BCUT2D eigenvalue weighted by Gasteiger charge is 2.45. The van der Waals surface area contributed by atoms with Gasteiger partial charge < -0.3 is 14.6 Å². The highest BCUT2D eigenvalue weighted by atomic mass is 79.9. The standard InChI is InChI=1S/C26H27BrN4O4S/c1-5-10-21(32)30-19-12-9-8-11-17(19)22-24(33)28-26(36-4)29-31(22)25(30)16-14-18(27)23(35-13-6-2)20(15-16)34-7-3/h6,8-9,11-12,14-15,25H,2,5,7,10,13H2,1,3-4H3. The molecular formula is C26H27BrN4O4S.